The number of hydrogen-bond acceptors (Lipinski definition) is 2. The van der Waals surface area contributed by atoms with Gasteiger partial charge in [0.05, 0.1) is 0 Å². The summed E-state index contributed by atoms with van der Waals surface area (Å²) in [7, 11) is 0. The molecule has 2 heteroatoms. The zero-order chi connectivity index (χ0) is 24.0. The number of nitrogens with zero attached hydrogens (tertiary/aromatic N) is 1. The topological polar surface area (TPSA) is 24.9 Å². The average molecular weight is 457 g/mol. The quantitative estimate of drug-likeness (QED) is 0.255. The van der Waals surface area contributed by atoms with Crippen molar-refractivity contribution in [2.24, 2.45) is 0 Å². The molecule has 2 nitrogen and oxygen atoms in total. The molecular formula is C33H32N2. The van der Waals surface area contributed by atoms with Gasteiger partial charge in [0.25, 0.3) is 0 Å². The highest BCUT2D eigenvalue weighted by Gasteiger charge is 2.18. The second-order valence-corrected chi connectivity index (χ2v) is 9.44. The zero-order valence-corrected chi connectivity index (χ0v) is 20.5. The Morgan fingerprint density at radius 3 is 2.17 bits per heavy atom. The van der Waals surface area contributed by atoms with Crippen molar-refractivity contribution in [1.82, 2.24) is 10.3 Å². The molecule has 0 aliphatic rings. The van der Waals surface area contributed by atoms with Crippen LogP contribution in [0, 0.1) is 6.92 Å². The lowest BCUT2D eigenvalue weighted by Gasteiger charge is -2.25. The van der Waals surface area contributed by atoms with Crippen LogP contribution in [0.1, 0.15) is 41.6 Å². The first-order chi connectivity index (χ1) is 17.2. The van der Waals surface area contributed by atoms with E-state index in [2.05, 4.69) is 126 Å². The number of hydrogen-bond donors (Lipinski definition) is 1. The molecule has 0 aliphatic carbocycles. The van der Waals surface area contributed by atoms with Crippen molar-refractivity contribution in [3.63, 3.8) is 0 Å². The molecule has 0 saturated heterocycles. The Labute approximate surface area is 208 Å². The normalized spacial score (nSPS) is 13.4. The van der Waals surface area contributed by atoms with Crippen molar-refractivity contribution in [2.75, 3.05) is 0 Å². The van der Waals surface area contributed by atoms with Crippen LogP contribution in [0.5, 0.6) is 0 Å². The number of rotatable bonds is 8. The van der Waals surface area contributed by atoms with E-state index in [1.54, 1.807) is 0 Å². The molecule has 5 aromatic rings. The summed E-state index contributed by atoms with van der Waals surface area (Å²) in [6, 6.07) is 35.1. The number of nitrogens with one attached hydrogen (secondary N) is 1. The van der Waals surface area contributed by atoms with Crippen molar-refractivity contribution >= 4 is 27.6 Å². The molecule has 2 atom stereocenters. The van der Waals surface area contributed by atoms with E-state index < -0.39 is 0 Å². The predicted octanol–water partition coefficient (Wildman–Crippen LogP) is 8.06. The van der Waals surface area contributed by atoms with Crippen LogP contribution in [-0.2, 0) is 6.54 Å². The second kappa shape index (κ2) is 10.7. The first-order valence-electron chi connectivity index (χ1n) is 12.4. The van der Waals surface area contributed by atoms with Gasteiger partial charge in [-0.2, -0.15) is 0 Å². The number of aryl methyl sites for hydroxylation is 1. The van der Waals surface area contributed by atoms with E-state index in [4.69, 9.17) is 0 Å². The molecule has 1 N–H and O–H groups in total. The summed E-state index contributed by atoms with van der Waals surface area (Å²) >= 11 is 0. The largest absolute Gasteiger partial charge is 0.310 e. The van der Waals surface area contributed by atoms with E-state index in [-0.39, 0.29) is 0 Å². The van der Waals surface area contributed by atoms with Gasteiger partial charge in [0.1, 0.15) is 0 Å². The molecular weight excluding hydrogens is 424 g/mol. The lowest BCUT2D eigenvalue weighted by molar-refractivity contribution is 0.459. The SMILES string of the molecule is Cc1ccc(C(C/C=C/c2ccc3ccccc3c2)C(C)NCc2ccc3ccccc3c2)cn1. The van der Waals surface area contributed by atoms with E-state index in [0.717, 1.165) is 18.7 Å². The van der Waals surface area contributed by atoms with Gasteiger partial charge in [-0.15, -0.1) is 0 Å². The summed E-state index contributed by atoms with van der Waals surface area (Å²) in [6.07, 6.45) is 7.54. The lowest BCUT2D eigenvalue weighted by atomic mass is 9.89. The van der Waals surface area contributed by atoms with E-state index in [1.807, 2.05) is 13.1 Å². The minimum absolute atomic E-state index is 0.298. The average Bonchev–Trinajstić information content (AvgIpc) is 2.90. The van der Waals surface area contributed by atoms with Gasteiger partial charge in [0, 0.05) is 30.4 Å². The Hall–Kier alpha value is -3.75. The first-order valence-corrected chi connectivity index (χ1v) is 12.4. The fraction of sp³-hybridized carbons (Fsp3) is 0.182. The summed E-state index contributed by atoms with van der Waals surface area (Å²) in [5.74, 6) is 0.334. The van der Waals surface area contributed by atoms with Gasteiger partial charge in [-0.3, -0.25) is 4.98 Å². The molecule has 0 saturated carbocycles. The summed E-state index contributed by atoms with van der Waals surface area (Å²) in [5.41, 5.74) is 4.87. The van der Waals surface area contributed by atoms with Crippen LogP contribution in [0.3, 0.4) is 0 Å². The standard InChI is InChI=1S/C33H32N2/c1-24-14-17-32(23-34-24)33(13-7-8-26-15-18-28-9-3-5-11-30(28)20-26)25(2)35-22-27-16-19-29-10-4-6-12-31(29)21-27/h3-12,14-21,23,25,33,35H,13,22H2,1-2H3/b8-7+. The van der Waals surface area contributed by atoms with Crippen LogP contribution in [0.2, 0.25) is 0 Å². The molecule has 0 fully saturated rings. The Bertz CT molecular complexity index is 1450. The van der Waals surface area contributed by atoms with E-state index >= 15 is 0 Å². The van der Waals surface area contributed by atoms with Crippen LogP contribution >= 0.6 is 0 Å². The third-order valence-electron chi connectivity index (χ3n) is 6.88. The highest BCUT2D eigenvalue weighted by molar-refractivity contribution is 5.84. The third-order valence-corrected chi connectivity index (χ3v) is 6.88. The van der Waals surface area contributed by atoms with Crippen LogP contribution in [0.25, 0.3) is 27.6 Å². The van der Waals surface area contributed by atoms with Crippen molar-refractivity contribution < 1.29 is 0 Å². The van der Waals surface area contributed by atoms with Gasteiger partial charge in [0.2, 0.25) is 0 Å². The number of benzene rings is 4. The summed E-state index contributed by atoms with van der Waals surface area (Å²) in [5, 5.41) is 8.92. The maximum atomic E-state index is 4.58. The minimum Gasteiger partial charge on any atom is -0.310 e. The summed E-state index contributed by atoms with van der Waals surface area (Å²) in [4.78, 5) is 4.58. The molecule has 35 heavy (non-hydrogen) atoms. The third kappa shape index (κ3) is 5.67. The Morgan fingerprint density at radius 2 is 1.46 bits per heavy atom. The molecule has 0 aliphatic heterocycles. The van der Waals surface area contributed by atoms with E-state index in [0.29, 0.717) is 12.0 Å². The van der Waals surface area contributed by atoms with Gasteiger partial charge in [-0.1, -0.05) is 91.0 Å². The molecule has 4 aromatic carbocycles. The van der Waals surface area contributed by atoms with E-state index in [9.17, 15) is 0 Å². The molecule has 0 bridgehead atoms. The van der Waals surface area contributed by atoms with Gasteiger partial charge in [-0.25, -0.2) is 0 Å². The predicted molar refractivity (Wildman–Crippen MR) is 150 cm³/mol. The second-order valence-electron chi connectivity index (χ2n) is 9.44. The molecule has 0 radical (unpaired) electrons. The molecule has 1 aromatic heterocycles. The summed E-state index contributed by atoms with van der Waals surface area (Å²) in [6.45, 7) is 5.17. The van der Waals surface area contributed by atoms with Crippen molar-refractivity contribution in [3.8, 4) is 0 Å². The van der Waals surface area contributed by atoms with Crippen LogP contribution in [-0.4, -0.2) is 11.0 Å². The maximum absolute atomic E-state index is 4.58. The number of aromatic nitrogens is 1. The fourth-order valence-corrected chi connectivity index (χ4v) is 4.76. The monoisotopic (exact) mass is 456 g/mol. The van der Waals surface area contributed by atoms with Gasteiger partial charge in [0.15, 0.2) is 0 Å². The fourth-order valence-electron chi connectivity index (χ4n) is 4.76. The summed E-state index contributed by atoms with van der Waals surface area (Å²) < 4.78 is 0. The number of pyridine rings is 1. The highest BCUT2D eigenvalue weighted by atomic mass is 14.9. The maximum Gasteiger partial charge on any atom is 0.0372 e. The number of allylic oxidation sites excluding steroid dienone is 1. The van der Waals surface area contributed by atoms with Gasteiger partial charge < -0.3 is 5.32 Å². The lowest BCUT2D eigenvalue weighted by Crippen LogP contribution is -2.31. The van der Waals surface area contributed by atoms with Crippen molar-refractivity contribution in [3.05, 3.63) is 132 Å². The minimum atomic E-state index is 0.298. The first kappa shape index (κ1) is 23.0. The van der Waals surface area contributed by atoms with Crippen molar-refractivity contribution in [2.45, 2.75) is 38.8 Å². The van der Waals surface area contributed by atoms with Gasteiger partial charge >= 0.3 is 0 Å². The molecule has 0 spiro atoms. The van der Waals surface area contributed by atoms with Crippen LogP contribution in [0.4, 0.5) is 0 Å². The molecule has 0 amide bonds. The van der Waals surface area contributed by atoms with Crippen molar-refractivity contribution in [1.29, 1.82) is 0 Å². The molecule has 2 unspecified atom stereocenters. The highest BCUT2D eigenvalue weighted by Crippen LogP contribution is 2.26. The van der Waals surface area contributed by atoms with Gasteiger partial charge in [-0.05, 0) is 76.7 Å². The Balaban J connectivity index is 1.31. The zero-order valence-electron chi connectivity index (χ0n) is 20.5. The van der Waals surface area contributed by atoms with Crippen LogP contribution in [0.15, 0.2) is 109 Å². The smallest absolute Gasteiger partial charge is 0.0372 e. The van der Waals surface area contributed by atoms with Crippen LogP contribution < -0.4 is 5.32 Å². The van der Waals surface area contributed by atoms with E-state index in [1.165, 1.54) is 38.2 Å². The Kier molecular flexibility index (Phi) is 7.02. The Morgan fingerprint density at radius 1 is 0.771 bits per heavy atom. The number of fused-ring (bicyclic) bond motifs is 2. The molecule has 174 valence electrons. The molecule has 5 rings (SSSR count). The molecule has 1 heterocycles.